The minimum absolute atomic E-state index is 0.0189. The fourth-order valence-electron chi connectivity index (χ4n) is 1.49. The monoisotopic (exact) mass is 371 g/mol. The molecule has 2 rings (SSSR count). The average Bonchev–Trinajstić information content (AvgIpc) is 2.55. The molecule has 0 aromatic heterocycles. The fraction of sp³-hybridized carbons (Fsp3) is 0.0714. The second-order valence-electron chi connectivity index (χ2n) is 4.17. The summed E-state index contributed by atoms with van der Waals surface area (Å²) in [5.41, 5.74) is -1.62. The van der Waals surface area contributed by atoms with E-state index in [0.29, 0.717) is 11.1 Å². The van der Waals surface area contributed by atoms with E-state index in [0.717, 1.165) is 0 Å². The third-order valence-corrected chi connectivity index (χ3v) is 4.03. The summed E-state index contributed by atoms with van der Waals surface area (Å²) in [6.45, 7) is 0. The van der Waals surface area contributed by atoms with Crippen LogP contribution in [0.5, 0.6) is 0 Å². The Morgan fingerprint density at radius 2 is 1.61 bits per heavy atom. The minimum atomic E-state index is -2.62. The lowest BCUT2D eigenvalue weighted by molar-refractivity contribution is -0.384. The Kier molecular flexibility index (Phi) is 7.54. The van der Waals surface area contributed by atoms with E-state index in [4.69, 9.17) is 4.89 Å². The summed E-state index contributed by atoms with van der Waals surface area (Å²) in [6, 6.07) is 14.4. The lowest BCUT2D eigenvalue weighted by Gasteiger charge is -2.00. The summed E-state index contributed by atoms with van der Waals surface area (Å²) in [5.74, 6) is -0.138. The molecule has 1 N–H and O–H groups in total. The van der Waals surface area contributed by atoms with Crippen molar-refractivity contribution in [2.75, 3.05) is 7.11 Å². The van der Waals surface area contributed by atoms with Crippen LogP contribution in [-0.2, 0) is 16.3 Å². The van der Waals surface area contributed by atoms with Crippen LogP contribution >= 0.6 is 17.9 Å². The van der Waals surface area contributed by atoms with Gasteiger partial charge in [-0.25, -0.2) is 0 Å². The topological polar surface area (TPSA) is 89.7 Å². The molecule has 0 amide bonds. The molecule has 6 nitrogen and oxygen atoms in total. The quantitative estimate of drug-likeness (QED) is 0.281. The maximum absolute atomic E-state index is 12.0. The van der Waals surface area contributed by atoms with Crippen molar-refractivity contribution in [2.45, 2.75) is 0 Å². The number of nitrogens with zero attached hydrogens (tertiary/aromatic N) is 1. The number of nitro groups is 1. The highest BCUT2D eigenvalue weighted by atomic mass is 32.9. The van der Waals surface area contributed by atoms with Crippen molar-refractivity contribution in [3.8, 4) is 0 Å². The number of rotatable bonds is 4. The summed E-state index contributed by atoms with van der Waals surface area (Å²) < 4.78 is 4.28. The Balaban J connectivity index is 0.000000379. The highest BCUT2D eigenvalue weighted by Crippen LogP contribution is 2.45. The van der Waals surface area contributed by atoms with Gasteiger partial charge in [0.05, 0.1) is 4.92 Å². The summed E-state index contributed by atoms with van der Waals surface area (Å²) in [4.78, 5) is 30.3. The Morgan fingerprint density at radius 1 is 1.17 bits per heavy atom. The van der Waals surface area contributed by atoms with Crippen LogP contribution in [0.15, 0.2) is 54.6 Å². The van der Waals surface area contributed by atoms with Crippen LogP contribution in [0.25, 0.3) is 0 Å². The molecule has 1 unspecified atom stereocenters. The highest BCUT2D eigenvalue weighted by molar-refractivity contribution is 8.59. The molecule has 0 spiro atoms. The predicted molar refractivity (Wildman–Crippen MR) is 95.5 cm³/mol. The molecule has 0 radical (unpaired) electrons. The van der Waals surface area contributed by atoms with E-state index in [1.165, 1.54) is 31.4 Å². The van der Waals surface area contributed by atoms with Gasteiger partial charge in [-0.1, -0.05) is 42.6 Å². The van der Waals surface area contributed by atoms with Crippen molar-refractivity contribution in [1.82, 2.24) is 0 Å². The van der Waals surface area contributed by atoms with E-state index < -0.39 is 10.6 Å². The van der Waals surface area contributed by atoms with E-state index in [1.54, 1.807) is 24.3 Å². The number of hydrogen-bond acceptors (Lipinski definition) is 5. The number of non-ortho nitro benzene ring substituents is 1. The van der Waals surface area contributed by atoms with E-state index in [1.807, 2.05) is 6.07 Å². The van der Waals surface area contributed by atoms with Crippen LogP contribution in [0.2, 0.25) is 0 Å². The molecule has 0 saturated heterocycles. The maximum Gasteiger partial charge on any atom is 0.269 e. The molecule has 122 valence electrons. The zero-order valence-corrected chi connectivity index (χ0v) is 14.6. The van der Waals surface area contributed by atoms with Gasteiger partial charge in [0, 0.05) is 30.4 Å². The summed E-state index contributed by atoms with van der Waals surface area (Å²) in [6.07, 6.45) is 0. The zero-order valence-electron chi connectivity index (χ0n) is 12.0. The van der Waals surface area contributed by atoms with Crippen LogP contribution < -0.4 is 0 Å². The predicted octanol–water partition coefficient (Wildman–Crippen LogP) is 3.61. The third kappa shape index (κ3) is 7.02. The van der Waals surface area contributed by atoms with Gasteiger partial charge in [0.15, 0.2) is 5.78 Å². The Hall–Kier alpha value is -1.57. The smallest absolute Gasteiger partial charge is 0.269 e. The Morgan fingerprint density at radius 3 is 2.00 bits per heavy atom. The molecule has 0 heterocycles. The SMILES string of the molecule is COP(O)(=S)S.O=C(c1ccccc1)c1ccc([N+](=O)[O-])cc1. The zero-order chi connectivity index (χ0) is 17.5. The Bertz CT molecular complexity index is 716. The van der Waals surface area contributed by atoms with E-state index in [-0.39, 0.29) is 11.5 Å². The van der Waals surface area contributed by atoms with Gasteiger partial charge >= 0.3 is 0 Å². The van der Waals surface area contributed by atoms with Crippen LogP contribution in [-0.4, -0.2) is 22.7 Å². The Labute approximate surface area is 143 Å². The summed E-state index contributed by atoms with van der Waals surface area (Å²) >= 11 is 7.81. The van der Waals surface area contributed by atoms with Gasteiger partial charge in [-0.05, 0) is 23.9 Å². The van der Waals surface area contributed by atoms with Gasteiger partial charge in [0.1, 0.15) is 0 Å². The fourth-order valence-corrected chi connectivity index (χ4v) is 1.49. The molecular weight excluding hydrogens is 357 g/mol. The molecule has 0 bridgehead atoms. The number of carbonyl (C=O) groups excluding carboxylic acids is 1. The van der Waals surface area contributed by atoms with Gasteiger partial charge in [-0.3, -0.25) is 14.9 Å². The first kappa shape index (κ1) is 19.5. The van der Waals surface area contributed by atoms with E-state index >= 15 is 0 Å². The van der Waals surface area contributed by atoms with Crippen molar-refractivity contribution in [3.63, 3.8) is 0 Å². The number of nitro benzene ring substituents is 1. The summed E-state index contributed by atoms with van der Waals surface area (Å²) in [7, 11) is 1.33. The first-order valence-electron chi connectivity index (χ1n) is 6.20. The van der Waals surface area contributed by atoms with E-state index in [9.17, 15) is 14.9 Å². The first-order valence-corrected chi connectivity index (χ1v) is 10.0. The standard InChI is InChI=1S/C13H9NO3.CH5O2PS2/c15-13(10-4-2-1-3-5-10)11-6-8-12(9-7-11)14(16)17;1-3-4(2,5)6/h1-9H;1H3,(H2,2,5,6). The molecule has 1 atom stereocenters. The number of hydrogen-bond donors (Lipinski definition) is 2. The van der Waals surface area contributed by atoms with Gasteiger partial charge in [-0.2, -0.15) is 0 Å². The van der Waals surface area contributed by atoms with Crippen molar-refractivity contribution in [3.05, 3.63) is 75.8 Å². The number of ketones is 1. The number of benzene rings is 2. The highest BCUT2D eigenvalue weighted by Gasteiger charge is 2.10. The van der Waals surface area contributed by atoms with Crippen molar-refractivity contribution in [2.24, 2.45) is 0 Å². The molecule has 2 aromatic carbocycles. The van der Waals surface area contributed by atoms with Crippen molar-refractivity contribution >= 4 is 41.2 Å². The lowest BCUT2D eigenvalue weighted by Crippen LogP contribution is -2.00. The molecular formula is C14H14NO5PS2. The molecule has 9 heteroatoms. The van der Waals surface area contributed by atoms with Crippen LogP contribution in [0.1, 0.15) is 15.9 Å². The van der Waals surface area contributed by atoms with Crippen molar-refractivity contribution in [1.29, 1.82) is 0 Å². The van der Waals surface area contributed by atoms with Crippen LogP contribution in [0.4, 0.5) is 5.69 Å². The second kappa shape index (κ2) is 8.90. The van der Waals surface area contributed by atoms with Gasteiger partial charge < -0.3 is 9.42 Å². The third-order valence-electron chi connectivity index (χ3n) is 2.61. The molecule has 0 fully saturated rings. The average molecular weight is 371 g/mol. The first-order chi connectivity index (χ1) is 10.7. The normalized spacial score (nSPS) is 12.5. The van der Waals surface area contributed by atoms with Gasteiger partial charge in [0.2, 0.25) is 5.69 Å². The van der Waals surface area contributed by atoms with Crippen molar-refractivity contribution < 1.29 is 19.1 Å². The maximum atomic E-state index is 12.0. The summed E-state index contributed by atoms with van der Waals surface area (Å²) in [5, 5.41) is 10.5. The molecule has 0 aliphatic rings. The molecule has 2 aromatic rings. The van der Waals surface area contributed by atoms with Crippen LogP contribution in [0, 0.1) is 10.1 Å². The van der Waals surface area contributed by atoms with E-state index in [2.05, 4.69) is 28.6 Å². The second-order valence-corrected chi connectivity index (χ2v) is 9.44. The largest absolute Gasteiger partial charge is 0.338 e. The lowest BCUT2D eigenvalue weighted by atomic mass is 10.0. The molecule has 0 saturated carbocycles. The molecule has 23 heavy (non-hydrogen) atoms. The number of thiol groups is 1. The number of carbonyl (C=O) groups is 1. The molecule has 0 aliphatic heterocycles. The minimum Gasteiger partial charge on any atom is -0.338 e. The molecule has 0 aliphatic carbocycles. The van der Waals surface area contributed by atoms with Crippen LogP contribution in [0.3, 0.4) is 0 Å². The van der Waals surface area contributed by atoms with Gasteiger partial charge in [-0.15, -0.1) is 0 Å². The van der Waals surface area contributed by atoms with Gasteiger partial charge in [0.25, 0.3) is 5.69 Å².